The summed E-state index contributed by atoms with van der Waals surface area (Å²) in [6, 6.07) is 9.61. The molecular weight excluding hydrogens is 376 g/mol. The Balaban J connectivity index is 1.87. The number of ketones is 1. The molecule has 1 aliphatic carbocycles. The van der Waals surface area contributed by atoms with Crippen molar-refractivity contribution in [2.75, 3.05) is 0 Å². The van der Waals surface area contributed by atoms with Crippen LogP contribution in [0.4, 0.5) is 0 Å². The first-order valence-corrected chi connectivity index (χ1v) is 9.91. The SMILES string of the molecule is O=C1C(=O)N(C2CCCCC2)C(c2cccnc2)/C1=C(/O)c1cccc(Cl)c1. The summed E-state index contributed by atoms with van der Waals surface area (Å²) in [5, 5.41) is 11.4. The van der Waals surface area contributed by atoms with Crippen LogP contribution in [0.25, 0.3) is 5.76 Å². The van der Waals surface area contributed by atoms with E-state index in [0.29, 0.717) is 10.6 Å². The molecule has 6 heteroatoms. The number of carbonyl (C=O) groups is 2. The molecule has 5 nitrogen and oxygen atoms in total. The molecule has 1 aromatic heterocycles. The molecule has 0 bridgehead atoms. The van der Waals surface area contributed by atoms with Gasteiger partial charge in [0.15, 0.2) is 0 Å². The van der Waals surface area contributed by atoms with Crippen molar-refractivity contribution >= 4 is 29.1 Å². The van der Waals surface area contributed by atoms with E-state index >= 15 is 0 Å². The number of carbonyl (C=O) groups excluding carboxylic acids is 2. The average Bonchev–Trinajstić information content (AvgIpc) is 2.99. The summed E-state index contributed by atoms with van der Waals surface area (Å²) in [5.41, 5.74) is 1.24. The maximum Gasteiger partial charge on any atom is 0.295 e. The molecule has 1 saturated heterocycles. The van der Waals surface area contributed by atoms with Gasteiger partial charge in [-0.3, -0.25) is 14.6 Å². The lowest BCUT2D eigenvalue weighted by Crippen LogP contribution is -2.40. The molecule has 1 aromatic carbocycles. The molecule has 144 valence electrons. The van der Waals surface area contributed by atoms with Crippen LogP contribution >= 0.6 is 11.6 Å². The van der Waals surface area contributed by atoms with E-state index in [4.69, 9.17) is 11.6 Å². The molecule has 28 heavy (non-hydrogen) atoms. The van der Waals surface area contributed by atoms with E-state index in [-0.39, 0.29) is 17.4 Å². The predicted molar refractivity (Wildman–Crippen MR) is 107 cm³/mol. The first-order chi connectivity index (χ1) is 13.6. The normalized spacial score (nSPS) is 22.6. The van der Waals surface area contributed by atoms with Crippen LogP contribution in [0.2, 0.25) is 5.02 Å². The highest BCUT2D eigenvalue weighted by Crippen LogP contribution is 2.42. The predicted octanol–water partition coefficient (Wildman–Crippen LogP) is 4.49. The van der Waals surface area contributed by atoms with E-state index in [1.54, 1.807) is 47.6 Å². The van der Waals surface area contributed by atoms with Crippen LogP contribution in [0.15, 0.2) is 54.4 Å². The molecule has 2 heterocycles. The summed E-state index contributed by atoms with van der Waals surface area (Å²) >= 11 is 6.06. The molecule has 2 fully saturated rings. The van der Waals surface area contributed by atoms with Gasteiger partial charge in [-0.05, 0) is 36.6 Å². The van der Waals surface area contributed by atoms with E-state index in [1.807, 2.05) is 6.07 Å². The molecule has 1 unspecified atom stereocenters. The van der Waals surface area contributed by atoms with Crippen molar-refractivity contribution in [3.05, 3.63) is 70.5 Å². The van der Waals surface area contributed by atoms with Crippen molar-refractivity contribution in [1.29, 1.82) is 0 Å². The number of Topliss-reactive ketones (excluding diaryl/α,β-unsaturated/α-hetero) is 1. The van der Waals surface area contributed by atoms with E-state index in [1.165, 1.54) is 0 Å². The lowest BCUT2D eigenvalue weighted by molar-refractivity contribution is -0.141. The minimum absolute atomic E-state index is 0.0138. The Morgan fingerprint density at radius 2 is 1.89 bits per heavy atom. The quantitative estimate of drug-likeness (QED) is 0.471. The van der Waals surface area contributed by atoms with Gasteiger partial charge in [0.2, 0.25) is 0 Å². The molecule has 4 rings (SSSR count). The van der Waals surface area contributed by atoms with Crippen LogP contribution in [0.3, 0.4) is 0 Å². The van der Waals surface area contributed by atoms with Crippen molar-refractivity contribution < 1.29 is 14.7 Å². The number of aliphatic hydroxyl groups excluding tert-OH is 1. The monoisotopic (exact) mass is 396 g/mol. The number of likely N-dealkylation sites (tertiary alicyclic amines) is 1. The lowest BCUT2D eigenvalue weighted by Gasteiger charge is -2.35. The molecular formula is C22H21ClN2O3. The van der Waals surface area contributed by atoms with Crippen LogP contribution < -0.4 is 0 Å². The first-order valence-electron chi connectivity index (χ1n) is 9.54. The second-order valence-electron chi connectivity index (χ2n) is 7.29. The molecule has 0 spiro atoms. The summed E-state index contributed by atoms with van der Waals surface area (Å²) < 4.78 is 0. The molecule has 1 saturated carbocycles. The van der Waals surface area contributed by atoms with Crippen LogP contribution in [0.5, 0.6) is 0 Å². The zero-order valence-electron chi connectivity index (χ0n) is 15.3. The summed E-state index contributed by atoms with van der Waals surface area (Å²) in [5.74, 6) is -1.41. The first kappa shape index (κ1) is 18.7. The maximum atomic E-state index is 13.0. The van der Waals surface area contributed by atoms with Gasteiger partial charge in [-0.1, -0.05) is 49.1 Å². The molecule has 1 atom stereocenters. The highest BCUT2D eigenvalue weighted by Gasteiger charge is 2.48. The average molecular weight is 397 g/mol. The molecule has 1 amide bonds. The summed E-state index contributed by atoms with van der Waals surface area (Å²) in [6.07, 6.45) is 8.22. The topological polar surface area (TPSA) is 70.5 Å². The Labute approximate surface area is 168 Å². The number of rotatable bonds is 3. The van der Waals surface area contributed by atoms with Crippen LogP contribution in [-0.2, 0) is 9.59 Å². The highest BCUT2D eigenvalue weighted by atomic mass is 35.5. The number of aliphatic hydroxyl groups is 1. The van der Waals surface area contributed by atoms with Crippen molar-refractivity contribution in [2.45, 2.75) is 44.2 Å². The van der Waals surface area contributed by atoms with E-state index in [0.717, 1.165) is 37.7 Å². The Bertz CT molecular complexity index is 936. The van der Waals surface area contributed by atoms with E-state index in [2.05, 4.69) is 4.98 Å². The van der Waals surface area contributed by atoms with Crippen molar-refractivity contribution in [1.82, 2.24) is 9.88 Å². The number of nitrogens with zero attached hydrogens (tertiary/aromatic N) is 2. The molecule has 2 aromatic rings. The third-order valence-electron chi connectivity index (χ3n) is 5.55. The third-order valence-corrected chi connectivity index (χ3v) is 5.78. The van der Waals surface area contributed by atoms with Gasteiger partial charge in [0.05, 0.1) is 11.6 Å². The number of halogens is 1. The number of aromatic nitrogens is 1. The standard InChI is InChI=1S/C22H21ClN2O3/c23-16-8-4-6-14(12-16)20(26)18-19(15-7-5-11-24-13-15)25(22(28)21(18)27)17-9-2-1-3-10-17/h4-8,11-13,17,19,26H,1-3,9-10H2/b20-18-. The summed E-state index contributed by atoms with van der Waals surface area (Å²) in [6.45, 7) is 0. The van der Waals surface area contributed by atoms with E-state index < -0.39 is 17.7 Å². The summed E-state index contributed by atoms with van der Waals surface area (Å²) in [7, 11) is 0. The zero-order chi connectivity index (χ0) is 19.7. The largest absolute Gasteiger partial charge is 0.507 e. The Hall–Kier alpha value is -2.66. The Morgan fingerprint density at radius 3 is 2.57 bits per heavy atom. The van der Waals surface area contributed by atoms with Crippen molar-refractivity contribution in [3.63, 3.8) is 0 Å². The van der Waals surface area contributed by atoms with Crippen LogP contribution in [0.1, 0.15) is 49.3 Å². The van der Waals surface area contributed by atoms with Gasteiger partial charge >= 0.3 is 0 Å². The smallest absolute Gasteiger partial charge is 0.295 e. The minimum atomic E-state index is -0.656. The Kier molecular flexibility index (Phi) is 5.18. The molecule has 2 aliphatic rings. The second-order valence-corrected chi connectivity index (χ2v) is 7.73. The van der Waals surface area contributed by atoms with Crippen molar-refractivity contribution in [2.24, 2.45) is 0 Å². The maximum absolute atomic E-state index is 13.0. The van der Waals surface area contributed by atoms with Gasteiger partial charge in [-0.15, -0.1) is 0 Å². The van der Waals surface area contributed by atoms with Gasteiger partial charge in [0, 0.05) is 29.0 Å². The van der Waals surface area contributed by atoms with E-state index in [9.17, 15) is 14.7 Å². The number of benzene rings is 1. The third kappa shape index (κ3) is 3.31. The van der Waals surface area contributed by atoms with Gasteiger partial charge in [0.1, 0.15) is 5.76 Å². The number of pyridine rings is 1. The molecule has 1 N–H and O–H groups in total. The fourth-order valence-corrected chi connectivity index (χ4v) is 4.43. The number of hydrogen-bond acceptors (Lipinski definition) is 4. The fourth-order valence-electron chi connectivity index (χ4n) is 4.24. The zero-order valence-corrected chi connectivity index (χ0v) is 16.1. The Morgan fingerprint density at radius 1 is 1.11 bits per heavy atom. The highest BCUT2D eigenvalue weighted by molar-refractivity contribution is 6.46. The second kappa shape index (κ2) is 7.76. The molecule has 0 radical (unpaired) electrons. The van der Waals surface area contributed by atoms with Crippen LogP contribution in [0, 0.1) is 0 Å². The fraction of sp³-hybridized carbons (Fsp3) is 0.318. The number of hydrogen-bond donors (Lipinski definition) is 1. The van der Waals surface area contributed by atoms with Crippen molar-refractivity contribution in [3.8, 4) is 0 Å². The molecule has 1 aliphatic heterocycles. The van der Waals surface area contributed by atoms with Gasteiger partial charge in [0.25, 0.3) is 11.7 Å². The lowest BCUT2D eigenvalue weighted by atomic mass is 9.91. The summed E-state index contributed by atoms with van der Waals surface area (Å²) in [4.78, 5) is 31.8. The van der Waals surface area contributed by atoms with Gasteiger partial charge < -0.3 is 10.0 Å². The van der Waals surface area contributed by atoms with Gasteiger partial charge in [-0.2, -0.15) is 0 Å². The number of amides is 1. The van der Waals surface area contributed by atoms with Crippen LogP contribution in [-0.4, -0.2) is 32.7 Å². The minimum Gasteiger partial charge on any atom is -0.507 e. The van der Waals surface area contributed by atoms with Gasteiger partial charge in [-0.25, -0.2) is 0 Å².